The largest absolute Gasteiger partial charge is 0.493 e. The number of amides is 1. The van der Waals surface area contributed by atoms with E-state index in [1.54, 1.807) is 21.3 Å². The fraction of sp³-hybridized carbons (Fsp3) is 0.588. The van der Waals surface area contributed by atoms with Crippen molar-refractivity contribution < 1.29 is 19.0 Å². The summed E-state index contributed by atoms with van der Waals surface area (Å²) in [5.41, 5.74) is 0.850. The summed E-state index contributed by atoms with van der Waals surface area (Å²) in [6.45, 7) is 5.73. The number of ether oxygens (including phenoxy) is 3. The predicted molar refractivity (Wildman–Crippen MR) is 95.7 cm³/mol. The zero-order chi connectivity index (χ0) is 17.0. The monoisotopic (exact) mass is 358 g/mol. The van der Waals surface area contributed by atoms with E-state index >= 15 is 0 Å². The molecule has 0 saturated carbocycles. The van der Waals surface area contributed by atoms with Crippen molar-refractivity contribution in [3.63, 3.8) is 0 Å². The number of nitrogens with zero attached hydrogens (tertiary/aromatic N) is 1. The van der Waals surface area contributed by atoms with E-state index in [-0.39, 0.29) is 24.4 Å². The molecule has 24 heavy (non-hydrogen) atoms. The molecule has 7 heteroatoms. The molecule has 0 aliphatic carbocycles. The van der Waals surface area contributed by atoms with Crippen molar-refractivity contribution in [3.05, 3.63) is 17.7 Å². The van der Waals surface area contributed by atoms with Gasteiger partial charge in [0, 0.05) is 25.2 Å². The van der Waals surface area contributed by atoms with Crippen LogP contribution in [0.25, 0.3) is 0 Å². The van der Waals surface area contributed by atoms with Crippen LogP contribution < -0.4 is 19.5 Å². The molecule has 1 aliphatic rings. The topological polar surface area (TPSA) is 60.0 Å². The van der Waals surface area contributed by atoms with E-state index in [1.807, 2.05) is 17.0 Å². The summed E-state index contributed by atoms with van der Waals surface area (Å²) in [6.07, 6.45) is 0.313. The minimum atomic E-state index is 0. The van der Waals surface area contributed by atoms with E-state index in [0.717, 1.165) is 18.7 Å². The van der Waals surface area contributed by atoms with Crippen LogP contribution in [0.1, 0.15) is 19.4 Å². The molecule has 2 rings (SSSR count). The van der Waals surface area contributed by atoms with Gasteiger partial charge < -0.3 is 24.4 Å². The zero-order valence-corrected chi connectivity index (χ0v) is 15.7. The number of hydrogen-bond donors (Lipinski definition) is 1. The average molecular weight is 359 g/mol. The standard InChI is InChI=1S/C17H26N2O4.ClH/c1-11-12(2)19(7-6-18-11)16(20)10-13-8-14(21-3)17(23-5)15(9-13)22-4;/h8-9,11-12,18H,6-7,10H2,1-5H3;1H. The molecule has 2 unspecified atom stereocenters. The van der Waals surface area contributed by atoms with E-state index in [2.05, 4.69) is 19.2 Å². The Bertz CT molecular complexity index is 543. The molecular formula is C17H27ClN2O4. The number of nitrogens with one attached hydrogen (secondary N) is 1. The molecular weight excluding hydrogens is 332 g/mol. The highest BCUT2D eigenvalue weighted by Gasteiger charge is 2.28. The quantitative estimate of drug-likeness (QED) is 0.871. The maximum absolute atomic E-state index is 12.7. The van der Waals surface area contributed by atoms with Crippen molar-refractivity contribution in [1.29, 1.82) is 0 Å². The second kappa shape index (κ2) is 8.99. The van der Waals surface area contributed by atoms with Crippen LogP contribution in [-0.2, 0) is 11.2 Å². The van der Waals surface area contributed by atoms with E-state index < -0.39 is 0 Å². The van der Waals surface area contributed by atoms with Gasteiger partial charge in [-0.3, -0.25) is 4.79 Å². The summed E-state index contributed by atoms with van der Waals surface area (Å²) in [7, 11) is 4.71. The van der Waals surface area contributed by atoms with Gasteiger partial charge in [0.05, 0.1) is 27.8 Å². The second-order valence-electron chi connectivity index (χ2n) is 5.78. The lowest BCUT2D eigenvalue weighted by Gasteiger charge is -2.38. The van der Waals surface area contributed by atoms with Gasteiger partial charge in [0.2, 0.25) is 11.7 Å². The van der Waals surface area contributed by atoms with Gasteiger partial charge in [0.15, 0.2) is 11.5 Å². The molecule has 1 amide bonds. The van der Waals surface area contributed by atoms with Crippen LogP contribution in [0.15, 0.2) is 12.1 Å². The van der Waals surface area contributed by atoms with Crippen LogP contribution in [0.4, 0.5) is 0 Å². The fourth-order valence-electron chi connectivity index (χ4n) is 2.92. The van der Waals surface area contributed by atoms with Gasteiger partial charge in [-0.25, -0.2) is 0 Å². The summed E-state index contributed by atoms with van der Waals surface area (Å²) in [5.74, 6) is 1.78. The first-order valence-electron chi connectivity index (χ1n) is 7.83. The number of halogens is 1. The molecule has 1 N–H and O–H groups in total. The third-order valence-electron chi connectivity index (χ3n) is 4.43. The van der Waals surface area contributed by atoms with Crippen LogP contribution in [-0.4, -0.2) is 57.3 Å². The van der Waals surface area contributed by atoms with Gasteiger partial charge in [-0.1, -0.05) is 0 Å². The molecule has 1 saturated heterocycles. The van der Waals surface area contributed by atoms with Crippen molar-refractivity contribution in [2.24, 2.45) is 0 Å². The van der Waals surface area contributed by atoms with E-state index in [1.165, 1.54) is 0 Å². The van der Waals surface area contributed by atoms with Gasteiger partial charge in [-0.15, -0.1) is 12.4 Å². The smallest absolute Gasteiger partial charge is 0.227 e. The molecule has 6 nitrogen and oxygen atoms in total. The van der Waals surface area contributed by atoms with Crippen molar-refractivity contribution in [2.45, 2.75) is 32.4 Å². The van der Waals surface area contributed by atoms with E-state index in [0.29, 0.717) is 29.7 Å². The molecule has 1 aromatic rings. The van der Waals surface area contributed by atoms with E-state index in [4.69, 9.17) is 14.2 Å². The Morgan fingerprint density at radius 2 is 1.75 bits per heavy atom. The highest BCUT2D eigenvalue weighted by atomic mass is 35.5. The lowest BCUT2D eigenvalue weighted by Crippen LogP contribution is -2.57. The Labute approximate surface area is 149 Å². The van der Waals surface area contributed by atoms with Crippen molar-refractivity contribution in [3.8, 4) is 17.2 Å². The molecule has 1 heterocycles. The van der Waals surface area contributed by atoms with Crippen LogP contribution in [0.5, 0.6) is 17.2 Å². The van der Waals surface area contributed by atoms with Gasteiger partial charge in [-0.05, 0) is 31.5 Å². The fourth-order valence-corrected chi connectivity index (χ4v) is 2.92. The molecule has 0 aromatic heterocycles. The van der Waals surface area contributed by atoms with Crippen LogP contribution in [0.2, 0.25) is 0 Å². The molecule has 0 spiro atoms. The Balaban J connectivity index is 0.00000288. The summed E-state index contributed by atoms with van der Waals surface area (Å²) < 4.78 is 16.0. The number of rotatable bonds is 5. The molecule has 1 aliphatic heterocycles. The van der Waals surface area contributed by atoms with Gasteiger partial charge >= 0.3 is 0 Å². The molecule has 1 fully saturated rings. The summed E-state index contributed by atoms with van der Waals surface area (Å²) in [5, 5.41) is 3.38. The Hall–Kier alpha value is -1.66. The normalized spacial score (nSPS) is 20.1. The Kier molecular flexibility index (Phi) is 7.63. The Morgan fingerprint density at radius 1 is 1.17 bits per heavy atom. The average Bonchev–Trinajstić information content (AvgIpc) is 2.56. The number of hydrogen-bond acceptors (Lipinski definition) is 5. The highest BCUT2D eigenvalue weighted by Crippen LogP contribution is 2.38. The van der Waals surface area contributed by atoms with Gasteiger partial charge in [0.1, 0.15) is 0 Å². The second-order valence-corrected chi connectivity index (χ2v) is 5.78. The lowest BCUT2D eigenvalue weighted by molar-refractivity contribution is -0.134. The van der Waals surface area contributed by atoms with Crippen molar-refractivity contribution >= 4 is 18.3 Å². The van der Waals surface area contributed by atoms with E-state index in [9.17, 15) is 4.79 Å². The number of carbonyl (C=O) groups is 1. The molecule has 0 bridgehead atoms. The minimum absolute atomic E-state index is 0. The molecule has 2 atom stereocenters. The number of piperazine rings is 1. The van der Waals surface area contributed by atoms with Crippen LogP contribution in [0.3, 0.4) is 0 Å². The molecule has 0 radical (unpaired) electrons. The SMILES string of the molecule is COc1cc(CC(=O)N2CCNC(C)C2C)cc(OC)c1OC.Cl. The maximum atomic E-state index is 12.7. The first-order chi connectivity index (χ1) is 11.0. The van der Waals surface area contributed by atoms with Gasteiger partial charge in [-0.2, -0.15) is 0 Å². The third kappa shape index (κ3) is 4.24. The van der Waals surface area contributed by atoms with Crippen molar-refractivity contribution in [1.82, 2.24) is 10.2 Å². The summed E-state index contributed by atoms with van der Waals surface area (Å²) in [6, 6.07) is 4.14. The number of carbonyl (C=O) groups excluding carboxylic acids is 1. The maximum Gasteiger partial charge on any atom is 0.227 e. The number of methoxy groups -OCH3 is 3. The summed E-state index contributed by atoms with van der Waals surface area (Å²) in [4.78, 5) is 14.6. The lowest BCUT2D eigenvalue weighted by atomic mass is 10.0. The predicted octanol–water partition coefficient (Wildman–Crippen LogP) is 1.89. The highest BCUT2D eigenvalue weighted by molar-refractivity contribution is 5.85. The van der Waals surface area contributed by atoms with Gasteiger partial charge in [0.25, 0.3) is 0 Å². The Morgan fingerprint density at radius 3 is 2.25 bits per heavy atom. The van der Waals surface area contributed by atoms with Crippen molar-refractivity contribution in [2.75, 3.05) is 34.4 Å². The first kappa shape index (κ1) is 20.4. The molecule has 1 aromatic carbocycles. The minimum Gasteiger partial charge on any atom is -0.493 e. The zero-order valence-electron chi connectivity index (χ0n) is 14.9. The summed E-state index contributed by atoms with van der Waals surface area (Å²) >= 11 is 0. The van der Waals surface area contributed by atoms with Crippen LogP contribution >= 0.6 is 12.4 Å². The molecule has 136 valence electrons. The first-order valence-corrected chi connectivity index (χ1v) is 7.83. The third-order valence-corrected chi connectivity index (χ3v) is 4.43. The number of benzene rings is 1. The van der Waals surface area contributed by atoms with Crippen LogP contribution in [0, 0.1) is 0 Å².